The summed E-state index contributed by atoms with van der Waals surface area (Å²) in [6, 6.07) is 19.7. The van der Waals surface area contributed by atoms with E-state index in [0.717, 1.165) is 42.1 Å². The summed E-state index contributed by atoms with van der Waals surface area (Å²) in [4.78, 5) is 28.4. The van der Waals surface area contributed by atoms with Gasteiger partial charge in [-0.2, -0.15) is 0 Å². The predicted molar refractivity (Wildman–Crippen MR) is 147 cm³/mol. The lowest BCUT2D eigenvalue weighted by Crippen LogP contribution is -2.30. The van der Waals surface area contributed by atoms with Gasteiger partial charge in [-0.05, 0) is 80.5 Å². The van der Waals surface area contributed by atoms with Gasteiger partial charge >= 0.3 is 0 Å². The monoisotopic (exact) mass is 493 g/mol. The second-order valence-corrected chi connectivity index (χ2v) is 9.44. The van der Waals surface area contributed by atoms with Crippen LogP contribution in [0.4, 0.5) is 17.3 Å². The first-order valence-electron chi connectivity index (χ1n) is 12.5. The Morgan fingerprint density at radius 3 is 2.70 bits per heavy atom. The van der Waals surface area contributed by atoms with Crippen molar-refractivity contribution in [2.24, 2.45) is 0 Å². The van der Waals surface area contributed by atoms with Crippen molar-refractivity contribution in [3.63, 3.8) is 0 Å². The Hall–Kier alpha value is -4.14. The van der Waals surface area contributed by atoms with Crippen molar-refractivity contribution in [1.29, 1.82) is 0 Å². The van der Waals surface area contributed by atoms with Gasteiger partial charge in [-0.1, -0.05) is 18.2 Å². The fourth-order valence-electron chi connectivity index (χ4n) is 4.39. The molecular weight excluding hydrogens is 462 g/mol. The number of pyridine rings is 1. The Bertz CT molecular complexity index is 1360. The zero-order valence-corrected chi connectivity index (χ0v) is 21.1. The van der Waals surface area contributed by atoms with Crippen LogP contribution in [0.1, 0.15) is 27.9 Å². The Morgan fingerprint density at radius 1 is 1.08 bits per heavy atom. The molecule has 8 heteroatoms. The summed E-state index contributed by atoms with van der Waals surface area (Å²) in [7, 11) is 2.15. The van der Waals surface area contributed by atoms with E-state index >= 15 is 0 Å². The zero-order chi connectivity index (χ0) is 25.6. The van der Waals surface area contributed by atoms with Crippen LogP contribution < -0.4 is 16.0 Å². The van der Waals surface area contributed by atoms with Gasteiger partial charge in [0.25, 0.3) is 5.91 Å². The van der Waals surface area contributed by atoms with Crippen LogP contribution in [-0.2, 0) is 6.54 Å². The van der Waals surface area contributed by atoms with E-state index in [0.29, 0.717) is 23.2 Å². The summed E-state index contributed by atoms with van der Waals surface area (Å²) in [5, 5.41) is 9.88. The number of hydrogen-bond acceptors (Lipinski definition) is 7. The van der Waals surface area contributed by atoms with Crippen molar-refractivity contribution in [2.45, 2.75) is 25.9 Å². The lowest BCUT2D eigenvalue weighted by atomic mass is 10.1. The number of carbonyl (C=O) groups is 1. The van der Waals surface area contributed by atoms with Crippen molar-refractivity contribution in [1.82, 2.24) is 25.2 Å². The molecule has 0 aliphatic carbocycles. The van der Waals surface area contributed by atoms with Crippen LogP contribution in [0.15, 0.2) is 79.3 Å². The molecule has 0 bridgehead atoms. The normalized spacial score (nSPS) is 15.5. The molecule has 5 rings (SSSR count). The Kier molecular flexibility index (Phi) is 7.49. The smallest absolute Gasteiger partial charge is 0.255 e. The molecule has 2 aromatic carbocycles. The van der Waals surface area contributed by atoms with E-state index in [2.05, 4.69) is 42.8 Å². The number of likely N-dealkylation sites (tertiary alicyclic amines) is 1. The SMILES string of the molecule is Cc1ccc(NC(=O)c2ccc(CNC3CCN(C)C3)cc2)cc1Nc1nccc(-c2cccnc2)n1. The van der Waals surface area contributed by atoms with Crippen LogP contribution in [0.3, 0.4) is 0 Å². The molecule has 3 N–H and O–H groups in total. The first kappa shape index (κ1) is 24.5. The number of nitrogens with one attached hydrogen (secondary N) is 3. The molecule has 0 spiro atoms. The third-order valence-corrected chi connectivity index (χ3v) is 6.56. The van der Waals surface area contributed by atoms with Gasteiger partial charge in [0.05, 0.1) is 5.69 Å². The number of carbonyl (C=O) groups excluding carboxylic acids is 1. The van der Waals surface area contributed by atoms with Crippen molar-refractivity contribution in [3.8, 4) is 11.3 Å². The van der Waals surface area contributed by atoms with Gasteiger partial charge in [-0.15, -0.1) is 0 Å². The van der Waals surface area contributed by atoms with Crippen molar-refractivity contribution in [3.05, 3.63) is 95.9 Å². The van der Waals surface area contributed by atoms with E-state index in [4.69, 9.17) is 0 Å². The molecule has 0 radical (unpaired) electrons. The molecule has 1 atom stereocenters. The average Bonchev–Trinajstić information content (AvgIpc) is 3.35. The summed E-state index contributed by atoms with van der Waals surface area (Å²) < 4.78 is 0. The number of rotatable bonds is 8. The summed E-state index contributed by atoms with van der Waals surface area (Å²) in [5.74, 6) is 0.322. The van der Waals surface area contributed by atoms with E-state index in [1.54, 1.807) is 18.6 Å². The predicted octanol–water partition coefficient (Wildman–Crippen LogP) is 4.64. The molecule has 3 heterocycles. The second-order valence-electron chi connectivity index (χ2n) is 9.44. The Balaban J connectivity index is 1.22. The van der Waals surface area contributed by atoms with Crippen LogP contribution >= 0.6 is 0 Å². The fraction of sp³-hybridized carbons (Fsp3) is 0.241. The van der Waals surface area contributed by atoms with Gasteiger partial charge in [-0.3, -0.25) is 9.78 Å². The molecular formula is C29H31N7O. The summed E-state index contributed by atoms with van der Waals surface area (Å²) in [6.07, 6.45) is 6.39. The van der Waals surface area contributed by atoms with E-state index < -0.39 is 0 Å². The standard InChI is InChI=1S/C29H31N7O/c1-20-5-10-24(16-27(20)35-29-31-14-11-26(34-29)23-4-3-13-30-18-23)33-28(37)22-8-6-21(7-9-22)17-32-25-12-15-36(2)19-25/h3-11,13-14,16,18,25,32H,12,15,17,19H2,1-2H3,(H,33,37)(H,31,34,35). The first-order valence-corrected chi connectivity index (χ1v) is 12.5. The summed E-state index contributed by atoms with van der Waals surface area (Å²) >= 11 is 0. The third-order valence-electron chi connectivity index (χ3n) is 6.56. The van der Waals surface area contributed by atoms with Gasteiger partial charge in [0, 0.05) is 60.2 Å². The molecule has 0 saturated carbocycles. The highest BCUT2D eigenvalue weighted by Crippen LogP contribution is 2.24. The van der Waals surface area contributed by atoms with E-state index in [-0.39, 0.29) is 5.91 Å². The molecule has 37 heavy (non-hydrogen) atoms. The molecule has 2 aromatic heterocycles. The van der Waals surface area contributed by atoms with E-state index in [1.807, 2.05) is 67.6 Å². The molecule has 4 aromatic rings. The molecule has 8 nitrogen and oxygen atoms in total. The van der Waals surface area contributed by atoms with Crippen LogP contribution in [0.5, 0.6) is 0 Å². The highest BCUT2D eigenvalue weighted by molar-refractivity contribution is 6.04. The minimum absolute atomic E-state index is 0.151. The van der Waals surface area contributed by atoms with Gasteiger partial charge in [0.2, 0.25) is 5.95 Å². The number of benzene rings is 2. The van der Waals surface area contributed by atoms with Crippen molar-refractivity contribution in [2.75, 3.05) is 30.8 Å². The highest BCUT2D eigenvalue weighted by Gasteiger charge is 2.18. The summed E-state index contributed by atoms with van der Waals surface area (Å²) in [5.41, 5.74) is 6.00. The molecule has 1 aliphatic heterocycles. The third kappa shape index (κ3) is 6.35. The minimum Gasteiger partial charge on any atom is -0.324 e. The fourth-order valence-corrected chi connectivity index (χ4v) is 4.39. The number of aromatic nitrogens is 3. The number of nitrogens with zero attached hydrogens (tertiary/aromatic N) is 4. The molecule has 1 saturated heterocycles. The molecule has 1 fully saturated rings. The van der Waals surface area contributed by atoms with Gasteiger partial charge in [0.1, 0.15) is 0 Å². The van der Waals surface area contributed by atoms with Gasteiger partial charge < -0.3 is 20.9 Å². The number of hydrogen-bond donors (Lipinski definition) is 3. The largest absolute Gasteiger partial charge is 0.324 e. The quantitative estimate of drug-likeness (QED) is 0.329. The maximum atomic E-state index is 12.9. The zero-order valence-electron chi connectivity index (χ0n) is 21.1. The van der Waals surface area contributed by atoms with Crippen LogP contribution in [0.2, 0.25) is 0 Å². The molecule has 188 valence electrons. The van der Waals surface area contributed by atoms with Crippen LogP contribution in [0.25, 0.3) is 11.3 Å². The topological polar surface area (TPSA) is 95.1 Å². The maximum Gasteiger partial charge on any atom is 0.255 e. The lowest BCUT2D eigenvalue weighted by Gasteiger charge is -2.13. The Morgan fingerprint density at radius 2 is 1.95 bits per heavy atom. The van der Waals surface area contributed by atoms with Crippen molar-refractivity contribution < 1.29 is 4.79 Å². The maximum absolute atomic E-state index is 12.9. The summed E-state index contributed by atoms with van der Waals surface area (Å²) in [6.45, 7) is 5.01. The number of likely N-dealkylation sites (N-methyl/N-ethyl adjacent to an activating group) is 1. The van der Waals surface area contributed by atoms with Gasteiger partial charge in [-0.25, -0.2) is 9.97 Å². The lowest BCUT2D eigenvalue weighted by molar-refractivity contribution is 0.102. The number of anilines is 3. The van der Waals surface area contributed by atoms with Crippen LogP contribution in [-0.4, -0.2) is 51.9 Å². The molecule has 1 unspecified atom stereocenters. The van der Waals surface area contributed by atoms with E-state index in [1.165, 1.54) is 12.0 Å². The average molecular weight is 494 g/mol. The number of aryl methyl sites for hydroxylation is 1. The first-order chi connectivity index (χ1) is 18.0. The van der Waals surface area contributed by atoms with E-state index in [9.17, 15) is 4.79 Å². The Labute approximate surface area is 217 Å². The number of amides is 1. The molecule has 1 amide bonds. The molecule has 1 aliphatic rings. The van der Waals surface area contributed by atoms with Crippen LogP contribution in [0, 0.1) is 6.92 Å². The van der Waals surface area contributed by atoms with Gasteiger partial charge in [0.15, 0.2) is 0 Å². The minimum atomic E-state index is -0.151. The highest BCUT2D eigenvalue weighted by atomic mass is 16.1. The van der Waals surface area contributed by atoms with Crippen molar-refractivity contribution >= 4 is 23.2 Å². The second kappa shape index (κ2) is 11.3.